The van der Waals surface area contributed by atoms with Crippen molar-refractivity contribution in [3.05, 3.63) is 52.5 Å². The Morgan fingerprint density at radius 3 is 2.36 bits per heavy atom. The molecule has 1 N–H and O–H groups in total. The largest absolute Gasteiger partial charge is 0.545 e. The highest BCUT2D eigenvalue weighted by Gasteiger charge is 2.16. The molecule has 0 heterocycles. The monoisotopic (exact) mass is 384 g/mol. The molecule has 2 rings (SSSR count). The van der Waals surface area contributed by atoms with Crippen molar-refractivity contribution < 1.29 is 23.1 Å². The fourth-order valence-electron chi connectivity index (χ4n) is 1.70. The summed E-state index contributed by atoms with van der Waals surface area (Å²) >= 11 is 3.03. The Labute approximate surface area is 135 Å². The van der Waals surface area contributed by atoms with Crippen LogP contribution in [0.2, 0.25) is 0 Å². The number of sulfonamides is 1. The number of anilines is 1. The zero-order valence-electron chi connectivity index (χ0n) is 11.4. The van der Waals surface area contributed by atoms with Crippen LogP contribution in [0, 0.1) is 0 Å². The van der Waals surface area contributed by atoms with Gasteiger partial charge < -0.3 is 14.6 Å². The maximum atomic E-state index is 12.3. The van der Waals surface area contributed by atoms with Crippen LogP contribution in [0.1, 0.15) is 10.4 Å². The number of methoxy groups -OCH3 is 1. The van der Waals surface area contributed by atoms with Gasteiger partial charge in [0.25, 0.3) is 10.0 Å². The molecule has 0 fully saturated rings. The fourth-order valence-corrected chi connectivity index (χ4v) is 3.19. The van der Waals surface area contributed by atoms with E-state index in [9.17, 15) is 18.3 Å². The van der Waals surface area contributed by atoms with Gasteiger partial charge in [0.2, 0.25) is 0 Å². The Bertz CT molecular complexity index is 802. The third kappa shape index (κ3) is 3.58. The second-order valence-corrected chi connectivity index (χ2v) is 6.80. The van der Waals surface area contributed by atoms with Crippen molar-refractivity contribution >= 4 is 37.6 Å². The number of carbonyl (C=O) groups is 1. The number of ether oxygens (including phenoxy) is 1. The van der Waals surface area contributed by atoms with Crippen molar-refractivity contribution in [1.29, 1.82) is 0 Å². The van der Waals surface area contributed by atoms with Crippen molar-refractivity contribution in [3.8, 4) is 5.75 Å². The molecule has 22 heavy (non-hydrogen) atoms. The molecule has 0 aromatic heterocycles. The molecule has 2 aromatic rings. The Kier molecular flexibility index (Phi) is 4.72. The Balaban J connectivity index is 2.33. The molecule has 0 aliphatic rings. The van der Waals surface area contributed by atoms with Crippen LogP contribution in [0.5, 0.6) is 5.75 Å². The van der Waals surface area contributed by atoms with Gasteiger partial charge in [-0.15, -0.1) is 0 Å². The molecule has 0 radical (unpaired) electrons. The molecule has 0 spiro atoms. The second kappa shape index (κ2) is 6.37. The lowest BCUT2D eigenvalue weighted by molar-refractivity contribution is -0.255. The third-order valence-electron chi connectivity index (χ3n) is 2.81. The van der Waals surface area contributed by atoms with Gasteiger partial charge in [-0.3, -0.25) is 4.72 Å². The van der Waals surface area contributed by atoms with E-state index in [4.69, 9.17) is 4.74 Å². The van der Waals surface area contributed by atoms with Crippen molar-refractivity contribution in [3.63, 3.8) is 0 Å². The molecule has 0 aliphatic heterocycles. The van der Waals surface area contributed by atoms with Gasteiger partial charge in [-0.25, -0.2) is 8.42 Å². The van der Waals surface area contributed by atoms with Gasteiger partial charge in [0, 0.05) is 15.7 Å². The molecule has 0 saturated heterocycles. The minimum absolute atomic E-state index is 0.175. The van der Waals surface area contributed by atoms with Gasteiger partial charge in [0.05, 0.1) is 18.0 Å². The van der Waals surface area contributed by atoms with Crippen molar-refractivity contribution in [2.45, 2.75) is 4.90 Å². The lowest BCUT2D eigenvalue weighted by Gasteiger charge is -2.11. The van der Waals surface area contributed by atoms with Crippen LogP contribution in [0.15, 0.2) is 51.8 Å². The van der Waals surface area contributed by atoms with Crippen molar-refractivity contribution in [2.75, 3.05) is 11.8 Å². The standard InChI is InChI=1S/C14H12BrNO5S/c1-21-10-4-2-9(3-5-10)16-22(19,20)11-6-7-13(15)12(8-11)14(17)18/h2-8,16H,1H3,(H,17,18)/p-1. The summed E-state index contributed by atoms with van der Waals surface area (Å²) in [7, 11) is -2.41. The summed E-state index contributed by atoms with van der Waals surface area (Å²) in [6.07, 6.45) is 0. The molecular formula is C14H11BrNO5S-. The maximum Gasteiger partial charge on any atom is 0.261 e. The first kappa shape index (κ1) is 16.3. The first-order chi connectivity index (χ1) is 10.3. The first-order valence-corrected chi connectivity index (χ1v) is 8.29. The Morgan fingerprint density at radius 2 is 1.82 bits per heavy atom. The van der Waals surface area contributed by atoms with Gasteiger partial charge in [-0.1, -0.05) is 15.9 Å². The zero-order chi connectivity index (χ0) is 16.3. The lowest BCUT2D eigenvalue weighted by Crippen LogP contribution is -2.23. The lowest BCUT2D eigenvalue weighted by atomic mass is 10.2. The van der Waals surface area contributed by atoms with Gasteiger partial charge in [0.1, 0.15) is 5.75 Å². The Morgan fingerprint density at radius 1 is 1.18 bits per heavy atom. The molecule has 116 valence electrons. The summed E-state index contributed by atoms with van der Waals surface area (Å²) in [5.41, 5.74) is 0.0938. The highest BCUT2D eigenvalue weighted by atomic mass is 79.9. The number of aromatic carboxylic acids is 1. The maximum absolute atomic E-state index is 12.3. The molecule has 0 amide bonds. The van der Waals surface area contributed by atoms with Crippen LogP contribution in [-0.2, 0) is 10.0 Å². The van der Waals surface area contributed by atoms with E-state index in [1.165, 1.54) is 31.4 Å². The van der Waals surface area contributed by atoms with Crippen LogP contribution in [0.25, 0.3) is 0 Å². The highest BCUT2D eigenvalue weighted by molar-refractivity contribution is 9.10. The topological polar surface area (TPSA) is 95.5 Å². The van der Waals surface area contributed by atoms with Crippen LogP contribution in [0.4, 0.5) is 5.69 Å². The summed E-state index contributed by atoms with van der Waals surface area (Å²) in [6, 6.07) is 9.95. The van der Waals surface area contributed by atoms with E-state index in [2.05, 4.69) is 20.7 Å². The van der Waals surface area contributed by atoms with E-state index >= 15 is 0 Å². The number of carbonyl (C=O) groups excluding carboxylic acids is 1. The molecule has 0 atom stereocenters. The van der Waals surface area contributed by atoms with E-state index in [0.717, 1.165) is 6.07 Å². The average Bonchev–Trinajstić information content (AvgIpc) is 2.47. The zero-order valence-corrected chi connectivity index (χ0v) is 13.8. The van der Waals surface area contributed by atoms with E-state index < -0.39 is 16.0 Å². The molecular weight excluding hydrogens is 374 g/mol. The minimum atomic E-state index is -3.91. The van der Waals surface area contributed by atoms with E-state index in [0.29, 0.717) is 11.4 Å². The highest BCUT2D eigenvalue weighted by Crippen LogP contribution is 2.23. The van der Waals surface area contributed by atoms with Gasteiger partial charge >= 0.3 is 0 Å². The molecule has 0 bridgehead atoms. The summed E-state index contributed by atoms with van der Waals surface area (Å²) in [4.78, 5) is 10.8. The smallest absolute Gasteiger partial charge is 0.261 e. The molecule has 0 saturated carbocycles. The van der Waals surface area contributed by atoms with Crippen LogP contribution >= 0.6 is 15.9 Å². The normalized spacial score (nSPS) is 11.0. The molecule has 0 unspecified atom stereocenters. The van der Waals surface area contributed by atoms with E-state index in [1.807, 2.05) is 0 Å². The van der Waals surface area contributed by atoms with Gasteiger partial charge in [0.15, 0.2) is 0 Å². The quantitative estimate of drug-likeness (QED) is 0.844. The third-order valence-corrected chi connectivity index (χ3v) is 4.88. The van der Waals surface area contributed by atoms with Gasteiger partial charge in [-0.05, 0) is 42.5 Å². The number of nitrogens with one attached hydrogen (secondary N) is 1. The SMILES string of the molecule is COc1ccc(NS(=O)(=O)c2ccc(Br)c(C(=O)[O-])c2)cc1. The number of carboxylic acid groups (broad SMARTS) is 1. The van der Waals surface area contributed by atoms with E-state index in [-0.39, 0.29) is 14.9 Å². The van der Waals surface area contributed by atoms with E-state index in [1.54, 1.807) is 12.1 Å². The number of hydrogen-bond acceptors (Lipinski definition) is 5. The number of carboxylic acids is 1. The molecule has 2 aromatic carbocycles. The Hall–Kier alpha value is -2.06. The number of halogens is 1. The molecule has 0 aliphatic carbocycles. The average molecular weight is 385 g/mol. The predicted molar refractivity (Wildman–Crippen MR) is 82.3 cm³/mol. The summed E-state index contributed by atoms with van der Waals surface area (Å²) in [5, 5.41) is 11.0. The predicted octanol–water partition coefficient (Wildman–Crippen LogP) is 1.62. The summed E-state index contributed by atoms with van der Waals surface area (Å²) in [5.74, 6) is -0.876. The fraction of sp³-hybridized carbons (Fsp3) is 0.0714. The van der Waals surface area contributed by atoms with Crippen LogP contribution in [-0.4, -0.2) is 21.5 Å². The van der Waals surface area contributed by atoms with Crippen molar-refractivity contribution in [1.82, 2.24) is 0 Å². The number of hydrogen-bond donors (Lipinski definition) is 1. The molecule has 6 nitrogen and oxygen atoms in total. The van der Waals surface area contributed by atoms with Crippen molar-refractivity contribution in [2.24, 2.45) is 0 Å². The van der Waals surface area contributed by atoms with Gasteiger partial charge in [-0.2, -0.15) is 0 Å². The van der Waals surface area contributed by atoms with Crippen LogP contribution in [0.3, 0.4) is 0 Å². The van der Waals surface area contributed by atoms with Crippen LogP contribution < -0.4 is 14.6 Å². The summed E-state index contributed by atoms with van der Waals surface area (Å²) in [6.45, 7) is 0. The number of benzene rings is 2. The second-order valence-electron chi connectivity index (χ2n) is 4.26. The summed E-state index contributed by atoms with van der Waals surface area (Å²) < 4.78 is 32.1. The minimum Gasteiger partial charge on any atom is -0.545 e. The molecule has 8 heteroatoms. The first-order valence-electron chi connectivity index (χ1n) is 6.01. The number of rotatable bonds is 5.